The summed E-state index contributed by atoms with van der Waals surface area (Å²) in [6.07, 6.45) is 1.34. The van der Waals surface area contributed by atoms with Crippen LogP contribution < -0.4 is 9.80 Å². The summed E-state index contributed by atoms with van der Waals surface area (Å²) in [4.78, 5) is 16.3. The number of ether oxygens (including phenoxy) is 3. The Bertz CT molecular complexity index is 795. The molecule has 0 saturated carbocycles. The zero-order chi connectivity index (χ0) is 19.4. The van der Waals surface area contributed by atoms with Gasteiger partial charge < -0.3 is 19.1 Å². The molecule has 28 heavy (non-hydrogen) atoms. The first kappa shape index (κ1) is 18.8. The van der Waals surface area contributed by atoms with Crippen molar-refractivity contribution >= 4 is 17.5 Å². The molecule has 4 rings (SSSR count). The molecule has 148 valence electrons. The maximum absolute atomic E-state index is 12.4. The van der Waals surface area contributed by atoms with E-state index in [4.69, 9.17) is 14.2 Å². The predicted molar refractivity (Wildman–Crippen MR) is 108 cm³/mol. The van der Waals surface area contributed by atoms with Crippen molar-refractivity contribution in [1.29, 1.82) is 0 Å². The van der Waals surface area contributed by atoms with Crippen molar-refractivity contribution in [3.05, 3.63) is 60.2 Å². The Morgan fingerprint density at radius 2 is 1.79 bits per heavy atom. The van der Waals surface area contributed by atoms with Crippen LogP contribution in [0, 0.1) is 0 Å². The van der Waals surface area contributed by atoms with Crippen molar-refractivity contribution in [3.63, 3.8) is 0 Å². The third kappa shape index (κ3) is 4.13. The van der Waals surface area contributed by atoms with E-state index < -0.39 is 0 Å². The van der Waals surface area contributed by atoms with Crippen LogP contribution in [0.4, 0.5) is 16.2 Å². The fraction of sp³-hybridized carbons (Fsp3) is 0.409. The van der Waals surface area contributed by atoms with Crippen molar-refractivity contribution in [2.75, 3.05) is 43.2 Å². The van der Waals surface area contributed by atoms with Gasteiger partial charge in [-0.3, -0.25) is 4.90 Å². The highest BCUT2D eigenvalue weighted by Crippen LogP contribution is 2.34. The highest BCUT2D eigenvalue weighted by Gasteiger charge is 2.39. The van der Waals surface area contributed by atoms with Crippen LogP contribution in [0.2, 0.25) is 0 Å². The molecule has 0 N–H and O–H groups in total. The normalized spacial score (nSPS) is 18.2. The van der Waals surface area contributed by atoms with Crippen LogP contribution >= 0.6 is 0 Å². The van der Waals surface area contributed by atoms with E-state index in [0.717, 1.165) is 42.9 Å². The van der Waals surface area contributed by atoms with Crippen molar-refractivity contribution in [3.8, 4) is 0 Å². The van der Waals surface area contributed by atoms with Crippen LogP contribution in [0.1, 0.15) is 18.4 Å². The van der Waals surface area contributed by atoms with Crippen LogP contribution in [0.5, 0.6) is 0 Å². The van der Waals surface area contributed by atoms with E-state index >= 15 is 0 Å². The first-order valence-electron chi connectivity index (χ1n) is 9.73. The number of carbonyl (C=O) groups is 1. The SMILES string of the molecule is CN(C(=O)OCc1ccccc1)c1cccc(N2CCC3(CC2)OCCO3)c1. The van der Waals surface area contributed by atoms with E-state index in [2.05, 4.69) is 11.0 Å². The monoisotopic (exact) mass is 382 g/mol. The number of nitrogens with zero attached hydrogens (tertiary/aromatic N) is 2. The first-order chi connectivity index (χ1) is 13.7. The first-order valence-corrected chi connectivity index (χ1v) is 9.73. The van der Waals surface area contributed by atoms with Crippen LogP contribution in [0.25, 0.3) is 0 Å². The van der Waals surface area contributed by atoms with Gasteiger partial charge in [0.05, 0.1) is 13.2 Å². The topological polar surface area (TPSA) is 51.2 Å². The summed E-state index contributed by atoms with van der Waals surface area (Å²) >= 11 is 0. The Balaban J connectivity index is 1.37. The second-order valence-electron chi connectivity index (χ2n) is 7.21. The molecule has 2 aromatic rings. The predicted octanol–water partition coefficient (Wildman–Crippen LogP) is 3.80. The Morgan fingerprint density at radius 1 is 1.07 bits per heavy atom. The standard InChI is InChI=1S/C22H26N2O4/c1-23(21(25)26-17-18-6-3-2-4-7-18)19-8-5-9-20(16-19)24-12-10-22(11-13-24)27-14-15-28-22/h2-9,16H,10-15,17H2,1H3. The molecule has 0 atom stereocenters. The molecule has 0 aromatic heterocycles. The molecule has 1 amide bonds. The van der Waals surface area contributed by atoms with Crippen molar-refractivity contribution < 1.29 is 19.0 Å². The van der Waals surface area contributed by atoms with Crippen molar-refractivity contribution in [2.45, 2.75) is 25.2 Å². The van der Waals surface area contributed by atoms with Crippen molar-refractivity contribution in [2.24, 2.45) is 0 Å². The average molecular weight is 382 g/mol. The van der Waals surface area contributed by atoms with Gasteiger partial charge in [-0.05, 0) is 23.8 Å². The van der Waals surface area contributed by atoms with E-state index in [1.807, 2.05) is 48.5 Å². The summed E-state index contributed by atoms with van der Waals surface area (Å²) in [6, 6.07) is 17.7. The molecular formula is C22H26N2O4. The zero-order valence-corrected chi connectivity index (χ0v) is 16.2. The van der Waals surface area contributed by atoms with E-state index in [0.29, 0.717) is 13.2 Å². The van der Waals surface area contributed by atoms with Crippen LogP contribution in [-0.2, 0) is 20.8 Å². The van der Waals surface area contributed by atoms with Gasteiger partial charge >= 0.3 is 6.09 Å². The lowest BCUT2D eigenvalue weighted by molar-refractivity contribution is -0.169. The van der Waals surface area contributed by atoms with Gasteiger partial charge in [0.1, 0.15) is 6.61 Å². The highest BCUT2D eigenvalue weighted by atomic mass is 16.7. The number of amides is 1. The van der Waals surface area contributed by atoms with Gasteiger partial charge in [-0.25, -0.2) is 4.79 Å². The summed E-state index contributed by atoms with van der Waals surface area (Å²) in [7, 11) is 1.73. The lowest BCUT2D eigenvalue weighted by Gasteiger charge is -2.38. The quantitative estimate of drug-likeness (QED) is 0.805. The maximum Gasteiger partial charge on any atom is 0.414 e. The van der Waals surface area contributed by atoms with Gasteiger partial charge in [0.15, 0.2) is 5.79 Å². The van der Waals surface area contributed by atoms with E-state index in [1.165, 1.54) is 0 Å². The lowest BCUT2D eigenvalue weighted by atomic mass is 10.0. The number of piperidine rings is 1. The van der Waals surface area contributed by atoms with Crippen LogP contribution in [0.3, 0.4) is 0 Å². The van der Waals surface area contributed by atoms with Gasteiger partial charge in [0.2, 0.25) is 0 Å². The largest absolute Gasteiger partial charge is 0.444 e. The minimum Gasteiger partial charge on any atom is -0.444 e. The fourth-order valence-corrected chi connectivity index (χ4v) is 3.71. The number of rotatable bonds is 4. The third-order valence-corrected chi connectivity index (χ3v) is 5.40. The summed E-state index contributed by atoms with van der Waals surface area (Å²) < 4.78 is 17.0. The second-order valence-corrected chi connectivity index (χ2v) is 7.21. The second kappa shape index (κ2) is 8.20. The zero-order valence-electron chi connectivity index (χ0n) is 16.2. The molecule has 1 spiro atoms. The van der Waals surface area contributed by atoms with Gasteiger partial charge in [-0.1, -0.05) is 36.4 Å². The Morgan fingerprint density at radius 3 is 2.50 bits per heavy atom. The number of benzene rings is 2. The Hall–Kier alpha value is -2.57. The number of hydrogen-bond donors (Lipinski definition) is 0. The van der Waals surface area contributed by atoms with Gasteiger partial charge in [-0.15, -0.1) is 0 Å². The molecule has 2 fully saturated rings. The lowest BCUT2D eigenvalue weighted by Crippen LogP contribution is -2.45. The van der Waals surface area contributed by atoms with Crippen LogP contribution in [-0.4, -0.2) is 45.2 Å². The number of hydrogen-bond acceptors (Lipinski definition) is 5. The van der Waals surface area contributed by atoms with Gasteiger partial charge in [0, 0.05) is 44.4 Å². The molecule has 2 saturated heterocycles. The van der Waals surface area contributed by atoms with E-state index in [-0.39, 0.29) is 18.5 Å². The molecule has 0 bridgehead atoms. The number of anilines is 2. The van der Waals surface area contributed by atoms with Crippen molar-refractivity contribution in [1.82, 2.24) is 0 Å². The van der Waals surface area contributed by atoms with E-state index in [9.17, 15) is 4.79 Å². The minimum atomic E-state index is -0.383. The maximum atomic E-state index is 12.4. The minimum absolute atomic E-state index is 0.262. The summed E-state index contributed by atoms with van der Waals surface area (Å²) in [5, 5.41) is 0. The molecule has 0 unspecified atom stereocenters. The molecular weight excluding hydrogens is 356 g/mol. The highest BCUT2D eigenvalue weighted by molar-refractivity contribution is 5.87. The Labute approximate surface area is 165 Å². The van der Waals surface area contributed by atoms with Gasteiger partial charge in [-0.2, -0.15) is 0 Å². The molecule has 0 radical (unpaired) electrons. The molecule has 6 heteroatoms. The average Bonchev–Trinajstić information content (AvgIpc) is 3.20. The third-order valence-electron chi connectivity index (χ3n) is 5.40. The van der Waals surface area contributed by atoms with Gasteiger partial charge in [0.25, 0.3) is 0 Å². The molecule has 0 aliphatic carbocycles. The number of carbonyl (C=O) groups excluding carboxylic acids is 1. The van der Waals surface area contributed by atoms with E-state index in [1.54, 1.807) is 11.9 Å². The smallest absolute Gasteiger partial charge is 0.414 e. The molecule has 2 heterocycles. The molecule has 6 nitrogen and oxygen atoms in total. The molecule has 2 aliphatic heterocycles. The fourth-order valence-electron chi connectivity index (χ4n) is 3.71. The summed E-state index contributed by atoms with van der Waals surface area (Å²) in [5.74, 6) is -0.383. The van der Waals surface area contributed by atoms with Crippen LogP contribution in [0.15, 0.2) is 54.6 Å². The molecule has 2 aromatic carbocycles. The Kier molecular flexibility index (Phi) is 5.50. The summed E-state index contributed by atoms with van der Waals surface area (Å²) in [5.41, 5.74) is 2.87. The molecule has 2 aliphatic rings. The summed E-state index contributed by atoms with van der Waals surface area (Å²) in [6.45, 7) is 3.37.